The van der Waals surface area contributed by atoms with E-state index in [9.17, 15) is 8.78 Å². The molecular weight excluding hydrogens is 398 g/mol. The first-order valence-corrected chi connectivity index (χ1v) is 10.1. The summed E-state index contributed by atoms with van der Waals surface area (Å²) in [5, 5.41) is 5.62. The van der Waals surface area contributed by atoms with Crippen LogP contribution < -0.4 is 9.47 Å². The lowest BCUT2D eigenvalue weighted by Gasteiger charge is -2.17. The van der Waals surface area contributed by atoms with Crippen molar-refractivity contribution >= 4 is 27.2 Å². The van der Waals surface area contributed by atoms with Gasteiger partial charge in [-0.25, -0.2) is 14.5 Å². The molecule has 9 heteroatoms. The van der Waals surface area contributed by atoms with E-state index < -0.39 is 6.61 Å². The first kappa shape index (κ1) is 18.2. The Kier molecular flexibility index (Phi) is 4.34. The zero-order valence-corrected chi connectivity index (χ0v) is 16.7. The average Bonchev–Trinajstić information content (AvgIpc) is 3.28. The van der Waals surface area contributed by atoms with Gasteiger partial charge in [0.2, 0.25) is 0 Å². The third-order valence-electron chi connectivity index (χ3n) is 5.27. The summed E-state index contributed by atoms with van der Waals surface area (Å²) in [7, 11) is 1.40. The van der Waals surface area contributed by atoms with E-state index in [-0.39, 0.29) is 11.5 Å². The zero-order valence-electron chi connectivity index (χ0n) is 15.9. The Morgan fingerprint density at radius 1 is 1.28 bits per heavy atom. The largest absolute Gasteiger partial charge is 0.493 e. The molecule has 1 aromatic carbocycles. The van der Waals surface area contributed by atoms with Gasteiger partial charge in [0, 0.05) is 10.4 Å². The van der Waals surface area contributed by atoms with Crippen LogP contribution in [0.3, 0.4) is 0 Å². The van der Waals surface area contributed by atoms with Crippen molar-refractivity contribution in [1.29, 1.82) is 0 Å². The Morgan fingerprint density at radius 3 is 2.93 bits per heavy atom. The molecule has 0 N–H and O–H groups in total. The molecule has 0 radical (unpaired) electrons. The number of benzene rings is 1. The lowest BCUT2D eigenvalue weighted by Crippen LogP contribution is -2.08. The number of aromatic nitrogens is 4. The molecule has 0 aliphatic heterocycles. The van der Waals surface area contributed by atoms with Gasteiger partial charge < -0.3 is 9.47 Å². The van der Waals surface area contributed by atoms with E-state index in [1.807, 2.05) is 0 Å². The highest BCUT2D eigenvalue weighted by Gasteiger charge is 2.24. The van der Waals surface area contributed by atoms with Gasteiger partial charge in [-0.15, -0.1) is 16.4 Å². The third kappa shape index (κ3) is 3.09. The fourth-order valence-electron chi connectivity index (χ4n) is 3.86. The van der Waals surface area contributed by atoms with Crippen LogP contribution in [0.2, 0.25) is 0 Å². The molecule has 0 saturated carbocycles. The molecule has 1 aliphatic carbocycles. The van der Waals surface area contributed by atoms with Crippen LogP contribution in [0.5, 0.6) is 11.5 Å². The van der Waals surface area contributed by atoms with Crippen LogP contribution in [-0.2, 0) is 12.8 Å². The van der Waals surface area contributed by atoms with Gasteiger partial charge in [0.15, 0.2) is 23.0 Å². The minimum Gasteiger partial charge on any atom is -0.493 e. The van der Waals surface area contributed by atoms with Crippen molar-refractivity contribution in [2.75, 3.05) is 7.11 Å². The van der Waals surface area contributed by atoms with Crippen molar-refractivity contribution in [2.45, 2.75) is 32.8 Å². The molecular formula is C20H18F2N4O2S. The Labute approximate surface area is 169 Å². The van der Waals surface area contributed by atoms with Gasteiger partial charge in [-0.3, -0.25) is 0 Å². The Hall–Kier alpha value is -2.81. The van der Waals surface area contributed by atoms with Crippen LogP contribution in [0.4, 0.5) is 8.78 Å². The van der Waals surface area contributed by atoms with Crippen LogP contribution in [-0.4, -0.2) is 33.3 Å². The van der Waals surface area contributed by atoms with Gasteiger partial charge in [0.25, 0.3) is 0 Å². The fourth-order valence-corrected chi connectivity index (χ4v) is 5.21. The van der Waals surface area contributed by atoms with Gasteiger partial charge >= 0.3 is 6.61 Å². The topological polar surface area (TPSA) is 61.5 Å². The number of ether oxygens (including phenoxy) is 2. The second-order valence-corrected chi connectivity index (χ2v) is 8.31. The molecule has 1 atom stereocenters. The van der Waals surface area contributed by atoms with Crippen molar-refractivity contribution < 1.29 is 18.3 Å². The van der Waals surface area contributed by atoms with Crippen molar-refractivity contribution in [3.05, 3.63) is 35.0 Å². The van der Waals surface area contributed by atoms with Crippen LogP contribution in [0.25, 0.3) is 27.3 Å². The molecule has 0 fully saturated rings. The second-order valence-electron chi connectivity index (χ2n) is 7.22. The zero-order chi connectivity index (χ0) is 20.1. The van der Waals surface area contributed by atoms with Gasteiger partial charge in [-0.1, -0.05) is 6.92 Å². The van der Waals surface area contributed by atoms with Gasteiger partial charge in [0.1, 0.15) is 11.2 Å². The van der Waals surface area contributed by atoms with E-state index in [1.165, 1.54) is 23.6 Å². The van der Waals surface area contributed by atoms with Crippen LogP contribution in [0, 0.1) is 5.92 Å². The number of hydrogen-bond acceptors (Lipinski definition) is 6. The molecule has 3 aromatic heterocycles. The lowest BCUT2D eigenvalue weighted by atomic mass is 9.89. The number of fused-ring (bicyclic) bond motifs is 5. The fraction of sp³-hybridized carbons (Fsp3) is 0.350. The Balaban J connectivity index is 1.62. The third-order valence-corrected chi connectivity index (χ3v) is 6.43. The van der Waals surface area contributed by atoms with Crippen LogP contribution in [0.15, 0.2) is 24.5 Å². The summed E-state index contributed by atoms with van der Waals surface area (Å²) in [6.45, 7) is -0.643. The van der Waals surface area contributed by atoms with Crippen molar-refractivity contribution in [1.82, 2.24) is 19.6 Å². The summed E-state index contributed by atoms with van der Waals surface area (Å²) in [5.74, 6) is 1.33. The molecule has 6 nitrogen and oxygen atoms in total. The van der Waals surface area contributed by atoms with Crippen molar-refractivity contribution in [2.24, 2.45) is 5.92 Å². The molecule has 0 amide bonds. The molecule has 1 aliphatic rings. The number of halogens is 2. The number of rotatable bonds is 4. The molecule has 0 unspecified atom stereocenters. The van der Waals surface area contributed by atoms with Crippen molar-refractivity contribution in [3.63, 3.8) is 0 Å². The quantitative estimate of drug-likeness (QED) is 0.481. The number of nitrogens with zero attached hydrogens (tertiary/aromatic N) is 4. The van der Waals surface area contributed by atoms with Crippen LogP contribution >= 0.6 is 11.3 Å². The standard InChI is InChI=1S/C20H18F2N4O2S/c1-10-3-5-12-15(7-10)29-19-16(12)18-24-17(25-26(18)9-23-19)11-4-6-13(28-20(21)22)14(8-11)27-2/h4,6,8-10,20H,3,5,7H2,1-2H3/t10-/m0/s1. The second kappa shape index (κ2) is 6.91. The van der Waals surface area contributed by atoms with E-state index in [4.69, 9.17) is 9.72 Å². The smallest absolute Gasteiger partial charge is 0.387 e. The van der Waals surface area contributed by atoms with E-state index in [0.717, 1.165) is 35.1 Å². The maximum atomic E-state index is 12.6. The van der Waals surface area contributed by atoms with Crippen LogP contribution in [0.1, 0.15) is 23.8 Å². The minimum atomic E-state index is -2.92. The highest BCUT2D eigenvalue weighted by atomic mass is 32.1. The average molecular weight is 416 g/mol. The summed E-state index contributed by atoms with van der Waals surface area (Å²) >= 11 is 1.74. The monoisotopic (exact) mass is 416 g/mol. The number of hydrogen-bond donors (Lipinski definition) is 0. The summed E-state index contributed by atoms with van der Waals surface area (Å²) in [6, 6.07) is 4.68. The van der Waals surface area contributed by atoms with Gasteiger partial charge in [-0.05, 0) is 48.9 Å². The van der Waals surface area contributed by atoms with E-state index in [2.05, 4.69) is 21.7 Å². The predicted octanol–water partition coefficient (Wildman–Crippen LogP) is 4.74. The van der Waals surface area contributed by atoms with Gasteiger partial charge in [-0.2, -0.15) is 8.78 Å². The predicted molar refractivity (Wildman–Crippen MR) is 106 cm³/mol. The normalized spacial score (nSPS) is 16.5. The summed E-state index contributed by atoms with van der Waals surface area (Å²) < 4.78 is 36.5. The van der Waals surface area contributed by atoms with E-state index >= 15 is 0 Å². The van der Waals surface area contributed by atoms with E-state index in [0.29, 0.717) is 17.3 Å². The van der Waals surface area contributed by atoms with E-state index in [1.54, 1.807) is 34.3 Å². The SMILES string of the molecule is COc1cc(-c2nc3c4c5c(sc4ncn3n2)C[C@@H](C)CC5)ccc1OC(F)F. The summed E-state index contributed by atoms with van der Waals surface area (Å²) in [4.78, 5) is 11.7. The Bertz CT molecular complexity index is 1220. The first-order valence-electron chi connectivity index (χ1n) is 9.32. The number of aryl methyl sites for hydroxylation is 1. The molecule has 150 valence electrons. The first-order chi connectivity index (χ1) is 14.0. The number of thiophene rings is 1. The van der Waals surface area contributed by atoms with Gasteiger partial charge in [0.05, 0.1) is 12.5 Å². The minimum absolute atomic E-state index is 0.0277. The number of alkyl halides is 2. The molecule has 0 saturated heterocycles. The highest BCUT2D eigenvalue weighted by Crippen LogP contribution is 2.39. The molecule has 0 spiro atoms. The molecule has 4 aromatic rings. The summed E-state index contributed by atoms with van der Waals surface area (Å²) in [6.07, 6.45) is 4.93. The molecule has 29 heavy (non-hydrogen) atoms. The lowest BCUT2D eigenvalue weighted by molar-refractivity contribution is -0.0512. The molecule has 3 heterocycles. The maximum absolute atomic E-state index is 12.6. The highest BCUT2D eigenvalue weighted by molar-refractivity contribution is 7.19. The van der Waals surface area contributed by atoms with Crippen molar-refractivity contribution in [3.8, 4) is 22.9 Å². The maximum Gasteiger partial charge on any atom is 0.387 e. The summed E-state index contributed by atoms with van der Waals surface area (Å²) in [5.41, 5.74) is 2.75. The molecule has 0 bridgehead atoms. The number of methoxy groups -OCH3 is 1. The molecule has 5 rings (SSSR count). The Morgan fingerprint density at radius 2 is 2.14 bits per heavy atom.